The third-order valence-corrected chi connectivity index (χ3v) is 2.10. The van der Waals surface area contributed by atoms with E-state index in [0.717, 1.165) is 0 Å². The van der Waals surface area contributed by atoms with E-state index >= 15 is 0 Å². The second-order valence-electron chi connectivity index (χ2n) is 3.31. The standard InChI is InChI=1S/C11H17NO/c1-9-4-3-5-11(8-9)10(2)12-6-7-13/h3-5,8,10,12-13H,6-7H2,1-2H3. The summed E-state index contributed by atoms with van der Waals surface area (Å²) >= 11 is 0. The maximum atomic E-state index is 8.65. The van der Waals surface area contributed by atoms with Crippen molar-refractivity contribution in [3.05, 3.63) is 35.4 Å². The number of hydrogen-bond donors (Lipinski definition) is 2. The average Bonchev–Trinajstić information content (AvgIpc) is 2.14. The largest absolute Gasteiger partial charge is 0.395 e. The van der Waals surface area contributed by atoms with Crippen LogP contribution in [0, 0.1) is 6.92 Å². The van der Waals surface area contributed by atoms with Gasteiger partial charge in [-0.05, 0) is 19.4 Å². The summed E-state index contributed by atoms with van der Waals surface area (Å²) in [4.78, 5) is 0. The van der Waals surface area contributed by atoms with Crippen LogP contribution in [0.4, 0.5) is 0 Å². The molecule has 2 heteroatoms. The minimum Gasteiger partial charge on any atom is -0.395 e. The molecule has 2 N–H and O–H groups in total. The summed E-state index contributed by atoms with van der Waals surface area (Å²) in [6.07, 6.45) is 0. The molecule has 1 atom stereocenters. The van der Waals surface area contributed by atoms with Gasteiger partial charge >= 0.3 is 0 Å². The van der Waals surface area contributed by atoms with E-state index in [2.05, 4.69) is 43.4 Å². The van der Waals surface area contributed by atoms with Gasteiger partial charge in [-0.15, -0.1) is 0 Å². The molecule has 0 aliphatic heterocycles. The summed E-state index contributed by atoms with van der Waals surface area (Å²) in [7, 11) is 0. The molecule has 0 heterocycles. The van der Waals surface area contributed by atoms with Crippen LogP contribution in [0.3, 0.4) is 0 Å². The van der Waals surface area contributed by atoms with Crippen molar-refractivity contribution in [1.29, 1.82) is 0 Å². The first-order valence-electron chi connectivity index (χ1n) is 4.65. The summed E-state index contributed by atoms with van der Waals surface area (Å²) < 4.78 is 0. The fraction of sp³-hybridized carbons (Fsp3) is 0.455. The molecule has 0 radical (unpaired) electrons. The van der Waals surface area contributed by atoms with E-state index in [-0.39, 0.29) is 6.61 Å². The Balaban J connectivity index is 2.60. The van der Waals surface area contributed by atoms with Gasteiger partial charge in [-0.3, -0.25) is 0 Å². The van der Waals surface area contributed by atoms with Gasteiger partial charge in [0.25, 0.3) is 0 Å². The molecule has 0 saturated heterocycles. The van der Waals surface area contributed by atoms with E-state index in [0.29, 0.717) is 12.6 Å². The maximum absolute atomic E-state index is 8.65. The van der Waals surface area contributed by atoms with Crippen LogP contribution < -0.4 is 5.32 Å². The number of aryl methyl sites for hydroxylation is 1. The minimum absolute atomic E-state index is 0.191. The number of hydrogen-bond acceptors (Lipinski definition) is 2. The first-order valence-corrected chi connectivity index (χ1v) is 4.65. The molecule has 0 spiro atoms. The molecular weight excluding hydrogens is 162 g/mol. The van der Waals surface area contributed by atoms with Crippen molar-refractivity contribution in [2.24, 2.45) is 0 Å². The third-order valence-electron chi connectivity index (χ3n) is 2.10. The highest BCUT2D eigenvalue weighted by molar-refractivity contribution is 5.24. The lowest BCUT2D eigenvalue weighted by molar-refractivity contribution is 0.286. The van der Waals surface area contributed by atoms with Gasteiger partial charge in [-0.2, -0.15) is 0 Å². The van der Waals surface area contributed by atoms with Gasteiger partial charge in [0.1, 0.15) is 0 Å². The molecular formula is C11H17NO. The van der Waals surface area contributed by atoms with E-state index in [1.807, 2.05) is 0 Å². The van der Waals surface area contributed by atoms with Crippen LogP contribution in [0.15, 0.2) is 24.3 Å². The Morgan fingerprint density at radius 1 is 1.46 bits per heavy atom. The van der Waals surface area contributed by atoms with Crippen molar-refractivity contribution < 1.29 is 5.11 Å². The van der Waals surface area contributed by atoms with Gasteiger partial charge in [0.2, 0.25) is 0 Å². The lowest BCUT2D eigenvalue weighted by atomic mass is 10.1. The van der Waals surface area contributed by atoms with Crippen LogP contribution in [0.5, 0.6) is 0 Å². The fourth-order valence-electron chi connectivity index (χ4n) is 1.34. The van der Waals surface area contributed by atoms with E-state index in [1.54, 1.807) is 0 Å². The minimum atomic E-state index is 0.191. The first kappa shape index (κ1) is 10.2. The zero-order chi connectivity index (χ0) is 9.68. The summed E-state index contributed by atoms with van der Waals surface area (Å²) in [6.45, 7) is 5.03. The molecule has 13 heavy (non-hydrogen) atoms. The van der Waals surface area contributed by atoms with Gasteiger partial charge in [0.05, 0.1) is 6.61 Å². The van der Waals surface area contributed by atoms with E-state index in [9.17, 15) is 0 Å². The van der Waals surface area contributed by atoms with Crippen molar-refractivity contribution >= 4 is 0 Å². The van der Waals surface area contributed by atoms with Crippen molar-refractivity contribution in [2.75, 3.05) is 13.2 Å². The topological polar surface area (TPSA) is 32.3 Å². The third kappa shape index (κ3) is 3.17. The monoisotopic (exact) mass is 179 g/mol. The highest BCUT2D eigenvalue weighted by Gasteiger charge is 2.02. The number of aliphatic hydroxyl groups is 1. The Morgan fingerprint density at radius 3 is 2.85 bits per heavy atom. The highest BCUT2D eigenvalue weighted by atomic mass is 16.3. The number of nitrogens with one attached hydrogen (secondary N) is 1. The van der Waals surface area contributed by atoms with Crippen LogP contribution in [0.25, 0.3) is 0 Å². The fourth-order valence-corrected chi connectivity index (χ4v) is 1.34. The number of benzene rings is 1. The first-order chi connectivity index (χ1) is 6.24. The molecule has 72 valence electrons. The molecule has 0 bridgehead atoms. The van der Waals surface area contributed by atoms with Crippen molar-refractivity contribution in [2.45, 2.75) is 19.9 Å². The molecule has 0 saturated carbocycles. The van der Waals surface area contributed by atoms with E-state index in [4.69, 9.17) is 5.11 Å². The average molecular weight is 179 g/mol. The quantitative estimate of drug-likeness (QED) is 0.736. The lowest BCUT2D eigenvalue weighted by Gasteiger charge is -2.13. The van der Waals surface area contributed by atoms with E-state index in [1.165, 1.54) is 11.1 Å². The molecule has 1 rings (SSSR count). The van der Waals surface area contributed by atoms with Crippen LogP contribution in [-0.2, 0) is 0 Å². The molecule has 0 aliphatic carbocycles. The SMILES string of the molecule is Cc1cccc(C(C)NCCO)c1. The molecule has 1 unspecified atom stereocenters. The molecule has 1 aromatic rings. The number of rotatable bonds is 4. The smallest absolute Gasteiger partial charge is 0.0556 e. The van der Waals surface area contributed by atoms with Crippen molar-refractivity contribution in [3.8, 4) is 0 Å². The molecule has 0 aliphatic rings. The predicted octanol–water partition coefficient (Wildman–Crippen LogP) is 1.64. The summed E-state index contributed by atoms with van der Waals surface area (Å²) in [5.74, 6) is 0. The molecule has 0 amide bonds. The Bertz CT molecular complexity index is 260. The van der Waals surface area contributed by atoms with Gasteiger partial charge in [-0.25, -0.2) is 0 Å². The van der Waals surface area contributed by atoms with Crippen LogP contribution in [-0.4, -0.2) is 18.3 Å². The zero-order valence-corrected chi connectivity index (χ0v) is 8.25. The normalized spacial score (nSPS) is 12.8. The van der Waals surface area contributed by atoms with Crippen LogP contribution in [0.2, 0.25) is 0 Å². The Kier molecular flexibility index (Phi) is 3.93. The highest BCUT2D eigenvalue weighted by Crippen LogP contribution is 2.12. The second kappa shape index (κ2) is 5.00. The molecule has 1 aromatic carbocycles. The van der Waals surface area contributed by atoms with Gasteiger partial charge in [-0.1, -0.05) is 29.8 Å². The predicted molar refractivity (Wildman–Crippen MR) is 54.7 cm³/mol. The Morgan fingerprint density at radius 2 is 2.23 bits per heavy atom. The van der Waals surface area contributed by atoms with Crippen LogP contribution >= 0.6 is 0 Å². The maximum Gasteiger partial charge on any atom is 0.0556 e. The second-order valence-corrected chi connectivity index (χ2v) is 3.31. The Labute approximate surface area is 79.6 Å². The Hall–Kier alpha value is -0.860. The number of aliphatic hydroxyl groups excluding tert-OH is 1. The van der Waals surface area contributed by atoms with Crippen molar-refractivity contribution in [3.63, 3.8) is 0 Å². The molecule has 2 nitrogen and oxygen atoms in total. The zero-order valence-electron chi connectivity index (χ0n) is 8.25. The van der Waals surface area contributed by atoms with Gasteiger partial charge < -0.3 is 10.4 Å². The lowest BCUT2D eigenvalue weighted by Crippen LogP contribution is -2.22. The van der Waals surface area contributed by atoms with Gasteiger partial charge in [0, 0.05) is 12.6 Å². The molecule has 0 aromatic heterocycles. The molecule has 0 fully saturated rings. The van der Waals surface area contributed by atoms with Gasteiger partial charge in [0.15, 0.2) is 0 Å². The summed E-state index contributed by atoms with van der Waals surface area (Å²) in [5, 5.41) is 11.9. The van der Waals surface area contributed by atoms with Crippen LogP contribution in [0.1, 0.15) is 24.1 Å². The van der Waals surface area contributed by atoms with E-state index < -0.39 is 0 Å². The van der Waals surface area contributed by atoms with Crippen molar-refractivity contribution in [1.82, 2.24) is 5.32 Å². The summed E-state index contributed by atoms with van der Waals surface area (Å²) in [6, 6.07) is 8.72. The summed E-state index contributed by atoms with van der Waals surface area (Å²) in [5.41, 5.74) is 2.54.